The van der Waals surface area contributed by atoms with Gasteiger partial charge in [-0.1, -0.05) is 48.5 Å². The van der Waals surface area contributed by atoms with Crippen LogP contribution in [0.25, 0.3) is 0 Å². The first-order chi connectivity index (χ1) is 16.0. The Morgan fingerprint density at radius 3 is 1.76 bits per heavy atom. The van der Waals surface area contributed by atoms with E-state index in [1.165, 1.54) is 30.4 Å². The van der Waals surface area contributed by atoms with Crippen LogP contribution >= 0.6 is 0 Å². The molecule has 0 bridgehead atoms. The molecule has 2 aliphatic rings. The van der Waals surface area contributed by atoms with Crippen molar-refractivity contribution in [2.24, 2.45) is 0 Å². The van der Waals surface area contributed by atoms with Crippen LogP contribution < -0.4 is 9.47 Å². The van der Waals surface area contributed by atoms with Crippen molar-refractivity contribution in [1.82, 2.24) is 19.9 Å². The van der Waals surface area contributed by atoms with Gasteiger partial charge in [-0.3, -0.25) is 0 Å². The van der Waals surface area contributed by atoms with Crippen LogP contribution in [0.5, 0.6) is 11.8 Å². The summed E-state index contributed by atoms with van der Waals surface area (Å²) >= 11 is 0. The van der Waals surface area contributed by atoms with Gasteiger partial charge in [0.25, 0.3) is 0 Å². The molecule has 2 fully saturated rings. The molecule has 2 aliphatic carbocycles. The average Bonchev–Trinajstić information content (AvgIpc) is 3.74. The van der Waals surface area contributed by atoms with Crippen molar-refractivity contribution >= 4 is 0 Å². The molecule has 2 saturated carbocycles. The van der Waals surface area contributed by atoms with Crippen molar-refractivity contribution in [1.29, 1.82) is 0 Å². The van der Waals surface area contributed by atoms with E-state index in [1.807, 2.05) is 41.5 Å². The smallest absolute Gasteiger partial charge is 0.388 e. The minimum absolute atomic E-state index is 0.0295. The summed E-state index contributed by atoms with van der Waals surface area (Å²) in [6.07, 6.45) is 8.55. The maximum Gasteiger partial charge on any atom is 0.388 e. The molecule has 6 nitrogen and oxygen atoms in total. The van der Waals surface area contributed by atoms with Gasteiger partial charge in [0.2, 0.25) is 11.8 Å². The Morgan fingerprint density at radius 1 is 0.848 bits per heavy atom. The van der Waals surface area contributed by atoms with Crippen LogP contribution in [-0.2, 0) is 6.42 Å². The molecule has 0 aromatic carbocycles. The molecular formula is C25H40F2N4O2. The standard InChI is InChI=1S/C11H14F2N2O.C10H14N2O.2C2H6/c1-6(2)8-9(7-3-4-7)14-5-15-10(8)16-11(12)13;1-3-8-9(7-4-5-7)11-6-12-10(8)13-2;2*1-2/h5-7,11H,3-4H2,1-2H3;6-7H,3-5H2,1-2H3;2*1-2H3. The molecule has 0 spiro atoms. The third kappa shape index (κ3) is 8.48. The lowest BCUT2D eigenvalue weighted by atomic mass is 10.00. The van der Waals surface area contributed by atoms with E-state index >= 15 is 0 Å². The van der Waals surface area contributed by atoms with E-state index < -0.39 is 6.61 Å². The van der Waals surface area contributed by atoms with Crippen LogP contribution in [0, 0.1) is 0 Å². The topological polar surface area (TPSA) is 70.0 Å². The van der Waals surface area contributed by atoms with Gasteiger partial charge in [-0.15, -0.1) is 0 Å². The molecule has 0 aliphatic heterocycles. The SMILES string of the molecule is CC.CC.CC(C)c1c(OC(F)F)ncnc1C1CC1.CCc1c(OC)ncnc1C1CC1. The number of ether oxygens (including phenoxy) is 2. The van der Waals surface area contributed by atoms with Gasteiger partial charge in [-0.2, -0.15) is 8.78 Å². The van der Waals surface area contributed by atoms with E-state index in [9.17, 15) is 8.78 Å². The number of hydrogen-bond acceptors (Lipinski definition) is 6. The highest BCUT2D eigenvalue weighted by atomic mass is 19.3. The fourth-order valence-electron chi connectivity index (χ4n) is 3.42. The second kappa shape index (κ2) is 14.7. The molecule has 0 unspecified atom stereocenters. The molecule has 33 heavy (non-hydrogen) atoms. The van der Waals surface area contributed by atoms with Crippen LogP contribution in [0.1, 0.15) is 114 Å². The van der Waals surface area contributed by atoms with E-state index in [-0.39, 0.29) is 11.8 Å². The lowest BCUT2D eigenvalue weighted by Gasteiger charge is -2.15. The number of hydrogen-bond donors (Lipinski definition) is 0. The van der Waals surface area contributed by atoms with E-state index in [4.69, 9.17) is 4.74 Å². The maximum atomic E-state index is 12.2. The van der Waals surface area contributed by atoms with Gasteiger partial charge in [0.15, 0.2) is 0 Å². The van der Waals surface area contributed by atoms with Crippen LogP contribution in [0.15, 0.2) is 12.7 Å². The fraction of sp³-hybridized carbons (Fsp3) is 0.680. The highest BCUT2D eigenvalue weighted by molar-refractivity contribution is 5.37. The van der Waals surface area contributed by atoms with Gasteiger partial charge in [-0.05, 0) is 38.0 Å². The van der Waals surface area contributed by atoms with E-state index in [0.717, 1.165) is 36.4 Å². The molecule has 2 aromatic rings. The van der Waals surface area contributed by atoms with E-state index in [0.29, 0.717) is 11.8 Å². The minimum Gasteiger partial charge on any atom is -0.481 e. The molecule has 186 valence electrons. The zero-order valence-corrected chi connectivity index (χ0v) is 21.4. The molecule has 0 saturated heterocycles. The average molecular weight is 467 g/mol. The largest absolute Gasteiger partial charge is 0.481 e. The number of aromatic nitrogens is 4. The number of methoxy groups -OCH3 is 1. The van der Waals surface area contributed by atoms with E-state index in [1.54, 1.807) is 13.4 Å². The summed E-state index contributed by atoms with van der Waals surface area (Å²) in [7, 11) is 1.66. The van der Waals surface area contributed by atoms with Gasteiger partial charge >= 0.3 is 6.61 Å². The summed E-state index contributed by atoms with van der Waals surface area (Å²) < 4.78 is 34.1. The maximum absolute atomic E-state index is 12.2. The molecule has 0 radical (unpaired) electrons. The van der Waals surface area contributed by atoms with Crippen molar-refractivity contribution in [2.75, 3.05) is 7.11 Å². The Bertz CT molecular complexity index is 826. The normalized spacial score (nSPS) is 14.3. The predicted molar refractivity (Wildman–Crippen MR) is 127 cm³/mol. The summed E-state index contributed by atoms with van der Waals surface area (Å²) in [4.78, 5) is 16.4. The van der Waals surface area contributed by atoms with Crippen LogP contribution in [0.3, 0.4) is 0 Å². The quantitative estimate of drug-likeness (QED) is 0.435. The first kappa shape index (κ1) is 28.7. The molecule has 0 atom stereocenters. The van der Waals surface area contributed by atoms with Crippen molar-refractivity contribution in [3.8, 4) is 11.8 Å². The summed E-state index contributed by atoms with van der Waals surface area (Å²) in [5.41, 5.74) is 3.99. The Morgan fingerprint density at radius 2 is 1.33 bits per heavy atom. The van der Waals surface area contributed by atoms with Crippen molar-refractivity contribution in [2.45, 2.75) is 105 Å². The Kier molecular flexibility index (Phi) is 12.8. The minimum atomic E-state index is -2.83. The molecular weight excluding hydrogens is 426 g/mol. The molecule has 0 amide bonds. The van der Waals surface area contributed by atoms with Gasteiger partial charge < -0.3 is 9.47 Å². The Labute approximate surface area is 197 Å². The van der Waals surface area contributed by atoms with E-state index in [2.05, 4.69) is 31.6 Å². The van der Waals surface area contributed by atoms with Crippen LogP contribution in [0.2, 0.25) is 0 Å². The van der Waals surface area contributed by atoms with Crippen LogP contribution in [-0.4, -0.2) is 33.7 Å². The summed E-state index contributed by atoms with van der Waals surface area (Å²) in [5.74, 6) is 1.94. The van der Waals surface area contributed by atoms with Crippen molar-refractivity contribution in [3.05, 3.63) is 35.2 Å². The first-order valence-corrected chi connectivity index (χ1v) is 12.1. The highest BCUT2D eigenvalue weighted by Gasteiger charge is 2.31. The third-order valence-electron chi connectivity index (χ3n) is 5.07. The zero-order chi connectivity index (χ0) is 25.0. The summed E-state index contributed by atoms with van der Waals surface area (Å²) in [6.45, 7) is 11.2. The van der Waals surface area contributed by atoms with Crippen molar-refractivity contribution < 1.29 is 18.3 Å². The summed E-state index contributed by atoms with van der Waals surface area (Å²) in [6, 6.07) is 0. The molecule has 8 heteroatoms. The Hall–Kier alpha value is -2.38. The first-order valence-electron chi connectivity index (χ1n) is 12.1. The zero-order valence-electron chi connectivity index (χ0n) is 21.4. The summed E-state index contributed by atoms with van der Waals surface area (Å²) in [5, 5.41) is 0. The highest BCUT2D eigenvalue weighted by Crippen LogP contribution is 2.44. The van der Waals surface area contributed by atoms with Gasteiger partial charge in [0.05, 0.1) is 18.5 Å². The van der Waals surface area contributed by atoms with Crippen molar-refractivity contribution in [3.63, 3.8) is 0 Å². The second-order valence-electron chi connectivity index (χ2n) is 7.66. The monoisotopic (exact) mass is 466 g/mol. The van der Waals surface area contributed by atoms with Gasteiger partial charge in [0.1, 0.15) is 12.7 Å². The molecule has 2 aromatic heterocycles. The lowest BCUT2D eigenvalue weighted by Crippen LogP contribution is -2.10. The number of halogens is 2. The molecule has 4 rings (SSSR count). The second-order valence-corrected chi connectivity index (χ2v) is 7.66. The number of nitrogens with zero attached hydrogens (tertiary/aromatic N) is 4. The molecule has 2 heterocycles. The van der Waals surface area contributed by atoms with Crippen LogP contribution in [0.4, 0.5) is 8.78 Å². The fourth-order valence-corrected chi connectivity index (χ4v) is 3.42. The van der Waals surface area contributed by atoms with Gasteiger partial charge in [0, 0.05) is 23.0 Å². The molecule has 0 N–H and O–H groups in total. The number of rotatable bonds is 7. The lowest BCUT2D eigenvalue weighted by molar-refractivity contribution is -0.0537. The van der Waals surface area contributed by atoms with Gasteiger partial charge in [-0.25, -0.2) is 19.9 Å². The predicted octanol–water partition coefficient (Wildman–Crippen LogP) is 7.06. The number of alkyl halides is 2. The third-order valence-corrected chi connectivity index (χ3v) is 5.07. The Balaban J connectivity index is 0.000000291.